The van der Waals surface area contributed by atoms with E-state index in [0.29, 0.717) is 23.8 Å². The number of carbonyl (C=O) groups is 2. The Morgan fingerprint density at radius 1 is 1.28 bits per heavy atom. The van der Waals surface area contributed by atoms with Crippen molar-refractivity contribution in [3.8, 4) is 5.75 Å². The zero-order chi connectivity index (χ0) is 18.1. The maximum Gasteiger partial charge on any atom is 0.262 e. The van der Waals surface area contributed by atoms with Gasteiger partial charge < -0.3 is 10.1 Å². The summed E-state index contributed by atoms with van der Waals surface area (Å²) >= 11 is 0. The number of aryl methyl sites for hydroxylation is 1. The molecule has 0 saturated heterocycles. The van der Waals surface area contributed by atoms with Crippen LogP contribution in [0.4, 0.5) is 14.5 Å². The van der Waals surface area contributed by atoms with Crippen molar-refractivity contribution in [2.75, 3.05) is 11.9 Å². The Morgan fingerprint density at radius 2 is 2.04 bits per heavy atom. The minimum Gasteiger partial charge on any atom is -0.483 e. The summed E-state index contributed by atoms with van der Waals surface area (Å²) in [6.07, 6.45) is 0.420. The van der Waals surface area contributed by atoms with Crippen molar-refractivity contribution in [3.63, 3.8) is 0 Å². The van der Waals surface area contributed by atoms with Gasteiger partial charge in [0.05, 0.1) is 11.3 Å². The van der Waals surface area contributed by atoms with Gasteiger partial charge in [-0.25, -0.2) is 8.78 Å². The summed E-state index contributed by atoms with van der Waals surface area (Å²) in [6.45, 7) is 3.53. The van der Waals surface area contributed by atoms with E-state index < -0.39 is 17.5 Å². The predicted molar refractivity (Wildman–Crippen MR) is 89.0 cm³/mol. The Hall–Kier alpha value is -2.76. The quantitative estimate of drug-likeness (QED) is 0.912. The summed E-state index contributed by atoms with van der Waals surface area (Å²) in [5.41, 5.74) is 2.35. The van der Waals surface area contributed by atoms with Crippen molar-refractivity contribution < 1.29 is 23.1 Å². The summed E-state index contributed by atoms with van der Waals surface area (Å²) in [7, 11) is 0. The molecule has 0 fully saturated rings. The van der Waals surface area contributed by atoms with Crippen molar-refractivity contribution in [1.82, 2.24) is 0 Å². The molecule has 25 heavy (non-hydrogen) atoms. The molecule has 1 amide bonds. The van der Waals surface area contributed by atoms with E-state index in [0.717, 1.165) is 23.3 Å². The molecule has 0 heterocycles. The van der Waals surface area contributed by atoms with Gasteiger partial charge in [-0.1, -0.05) is 13.0 Å². The molecular weight excluding hydrogens is 328 g/mol. The summed E-state index contributed by atoms with van der Waals surface area (Å²) in [5.74, 6) is -1.73. The first-order valence-electron chi connectivity index (χ1n) is 7.91. The lowest BCUT2D eigenvalue weighted by Crippen LogP contribution is -2.21. The first-order valence-corrected chi connectivity index (χ1v) is 7.91. The van der Waals surface area contributed by atoms with E-state index in [4.69, 9.17) is 4.74 Å². The molecule has 0 spiro atoms. The van der Waals surface area contributed by atoms with Crippen LogP contribution in [0.5, 0.6) is 5.75 Å². The SMILES string of the molecule is Cc1ccc(OCC(=O)Nc2ccc(F)cc2F)c2c1C(C)CC2=O. The number of anilines is 1. The summed E-state index contributed by atoms with van der Waals surface area (Å²) in [4.78, 5) is 24.2. The molecule has 0 saturated carbocycles. The van der Waals surface area contributed by atoms with Crippen molar-refractivity contribution in [2.45, 2.75) is 26.2 Å². The molecule has 130 valence electrons. The van der Waals surface area contributed by atoms with E-state index in [9.17, 15) is 18.4 Å². The number of amides is 1. The van der Waals surface area contributed by atoms with Crippen LogP contribution < -0.4 is 10.1 Å². The standard InChI is InChI=1S/C19H17F2NO3/c1-10-3-6-16(19-15(23)7-11(2)18(10)19)25-9-17(24)22-14-5-4-12(20)8-13(14)21/h3-6,8,11H,7,9H2,1-2H3,(H,22,24). The third kappa shape index (κ3) is 3.38. The maximum atomic E-state index is 13.6. The molecule has 3 rings (SSSR count). The Morgan fingerprint density at radius 3 is 2.76 bits per heavy atom. The highest BCUT2D eigenvalue weighted by Gasteiger charge is 2.31. The van der Waals surface area contributed by atoms with Crippen LogP contribution in [-0.2, 0) is 4.79 Å². The molecule has 1 unspecified atom stereocenters. The summed E-state index contributed by atoms with van der Waals surface area (Å²) in [5, 5.41) is 2.32. The van der Waals surface area contributed by atoms with Crippen LogP contribution >= 0.6 is 0 Å². The van der Waals surface area contributed by atoms with Crippen LogP contribution in [0.1, 0.15) is 40.7 Å². The lowest BCUT2D eigenvalue weighted by atomic mass is 9.97. The van der Waals surface area contributed by atoms with Crippen molar-refractivity contribution >= 4 is 17.4 Å². The summed E-state index contributed by atoms with van der Waals surface area (Å²) in [6, 6.07) is 6.38. The monoisotopic (exact) mass is 345 g/mol. The molecule has 1 atom stereocenters. The van der Waals surface area contributed by atoms with Gasteiger partial charge in [-0.2, -0.15) is 0 Å². The zero-order valence-corrected chi connectivity index (χ0v) is 13.9. The molecular formula is C19H17F2NO3. The van der Waals surface area contributed by atoms with Gasteiger partial charge in [0.25, 0.3) is 5.91 Å². The Balaban J connectivity index is 1.72. The average Bonchev–Trinajstić information content (AvgIpc) is 2.85. The van der Waals surface area contributed by atoms with Gasteiger partial charge in [0.1, 0.15) is 17.4 Å². The van der Waals surface area contributed by atoms with Gasteiger partial charge >= 0.3 is 0 Å². The number of halogens is 2. The van der Waals surface area contributed by atoms with Crippen molar-refractivity contribution in [1.29, 1.82) is 0 Å². The van der Waals surface area contributed by atoms with E-state index in [1.165, 1.54) is 0 Å². The van der Waals surface area contributed by atoms with Crippen LogP contribution in [-0.4, -0.2) is 18.3 Å². The molecule has 1 N–H and O–H groups in total. The second-order valence-corrected chi connectivity index (χ2v) is 6.16. The first kappa shape index (κ1) is 17.1. The van der Waals surface area contributed by atoms with E-state index in [1.54, 1.807) is 6.07 Å². The number of hydrogen-bond acceptors (Lipinski definition) is 3. The number of ketones is 1. The van der Waals surface area contributed by atoms with Crippen molar-refractivity contribution in [3.05, 3.63) is 58.7 Å². The van der Waals surface area contributed by atoms with Crippen LogP contribution in [0.2, 0.25) is 0 Å². The fourth-order valence-electron chi connectivity index (χ4n) is 3.15. The lowest BCUT2D eigenvalue weighted by Gasteiger charge is -2.13. The van der Waals surface area contributed by atoms with Gasteiger partial charge in [-0.15, -0.1) is 0 Å². The molecule has 0 bridgehead atoms. The number of Topliss-reactive ketones (excluding diaryl/α,β-unsaturated/α-hetero) is 1. The number of fused-ring (bicyclic) bond motifs is 1. The second kappa shape index (κ2) is 6.63. The van der Waals surface area contributed by atoms with Gasteiger partial charge in [0.15, 0.2) is 12.4 Å². The van der Waals surface area contributed by atoms with Gasteiger partial charge in [0.2, 0.25) is 0 Å². The number of hydrogen-bond donors (Lipinski definition) is 1. The number of benzene rings is 2. The minimum atomic E-state index is -0.867. The molecule has 0 radical (unpaired) electrons. The maximum absolute atomic E-state index is 13.6. The van der Waals surface area contributed by atoms with Gasteiger partial charge in [-0.3, -0.25) is 9.59 Å². The van der Waals surface area contributed by atoms with Crippen LogP contribution in [0.25, 0.3) is 0 Å². The van der Waals surface area contributed by atoms with Crippen LogP contribution in [0.3, 0.4) is 0 Å². The van der Waals surface area contributed by atoms with Crippen molar-refractivity contribution in [2.24, 2.45) is 0 Å². The second-order valence-electron chi connectivity index (χ2n) is 6.16. The average molecular weight is 345 g/mol. The molecule has 6 heteroatoms. The Bertz CT molecular complexity index is 864. The number of rotatable bonds is 4. The van der Waals surface area contributed by atoms with Crippen LogP contribution in [0.15, 0.2) is 30.3 Å². The fraction of sp³-hybridized carbons (Fsp3) is 0.263. The Labute approximate surface area is 143 Å². The molecule has 0 aromatic heterocycles. The minimum absolute atomic E-state index is 0.00816. The lowest BCUT2D eigenvalue weighted by molar-refractivity contribution is -0.118. The highest BCUT2D eigenvalue weighted by molar-refractivity contribution is 6.04. The molecule has 4 nitrogen and oxygen atoms in total. The van der Waals surface area contributed by atoms with E-state index >= 15 is 0 Å². The molecule has 2 aromatic rings. The van der Waals surface area contributed by atoms with E-state index in [1.807, 2.05) is 19.9 Å². The molecule has 1 aliphatic rings. The smallest absolute Gasteiger partial charge is 0.262 e. The van der Waals surface area contributed by atoms with Gasteiger partial charge in [0, 0.05) is 12.5 Å². The third-order valence-corrected chi connectivity index (χ3v) is 4.25. The molecule has 0 aliphatic heterocycles. The third-order valence-electron chi connectivity index (χ3n) is 4.25. The molecule has 1 aliphatic carbocycles. The highest BCUT2D eigenvalue weighted by atomic mass is 19.1. The zero-order valence-electron chi connectivity index (χ0n) is 13.9. The fourth-order valence-corrected chi connectivity index (χ4v) is 3.15. The van der Waals surface area contributed by atoms with Crippen LogP contribution in [0, 0.1) is 18.6 Å². The van der Waals surface area contributed by atoms with E-state index in [2.05, 4.69) is 5.32 Å². The predicted octanol–water partition coefficient (Wildman–Crippen LogP) is 3.98. The normalized spacial score (nSPS) is 15.8. The highest BCUT2D eigenvalue weighted by Crippen LogP contribution is 2.40. The molecule has 2 aromatic carbocycles. The van der Waals surface area contributed by atoms with E-state index in [-0.39, 0.29) is 24.0 Å². The largest absolute Gasteiger partial charge is 0.483 e. The first-order chi connectivity index (χ1) is 11.9. The summed E-state index contributed by atoms with van der Waals surface area (Å²) < 4.78 is 31.9. The Kier molecular flexibility index (Phi) is 4.53. The number of nitrogens with one attached hydrogen (secondary N) is 1. The number of ether oxygens (including phenoxy) is 1. The van der Waals surface area contributed by atoms with Gasteiger partial charge in [-0.05, 0) is 42.2 Å². The topological polar surface area (TPSA) is 55.4 Å². The number of carbonyl (C=O) groups excluding carboxylic acids is 2.